The van der Waals surface area contributed by atoms with Crippen molar-refractivity contribution in [2.24, 2.45) is 0 Å². The van der Waals surface area contributed by atoms with E-state index in [0.29, 0.717) is 0 Å². The van der Waals surface area contributed by atoms with E-state index in [4.69, 9.17) is 4.74 Å². The van der Waals surface area contributed by atoms with Crippen LogP contribution < -0.4 is 10.1 Å². The Morgan fingerprint density at radius 3 is 2.80 bits per heavy atom. The van der Waals surface area contributed by atoms with Gasteiger partial charge >= 0.3 is 0 Å². The minimum absolute atomic E-state index is 0.866. The summed E-state index contributed by atoms with van der Waals surface area (Å²) in [4.78, 5) is 0. The third-order valence-corrected chi connectivity index (χ3v) is 3.77. The van der Waals surface area contributed by atoms with Gasteiger partial charge in [0.1, 0.15) is 5.75 Å². The highest BCUT2D eigenvalue weighted by molar-refractivity contribution is 9.10. The van der Waals surface area contributed by atoms with Gasteiger partial charge in [0.2, 0.25) is 0 Å². The van der Waals surface area contributed by atoms with Crippen molar-refractivity contribution < 1.29 is 4.74 Å². The average Bonchev–Trinajstić information content (AvgIpc) is 2.87. The second kappa shape index (κ2) is 7.50. The summed E-state index contributed by atoms with van der Waals surface area (Å²) in [5.41, 5.74) is 2.58. The van der Waals surface area contributed by atoms with E-state index < -0.39 is 0 Å². The zero-order chi connectivity index (χ0) is 14.4. The minimum Gasteiger partial charge on any atom is -0.496 e. The average molecular weight is 337 g/mol. The quantitative estimate of drug-likeness (QED) is 0.778. The van der Waals surface area contributed by atoms with Crippen LogP contribution in [0.4, 0.5) is 0 Å². The van der Waals surface area contributed by atoms with Gasteiger partial charge in [-0.2, -0.15) is 0 Å². The molecule has 0 radical (unpaired) electrons. The Hall–Kier alpha value is -1.26. The molecule has 1 aromatic carbocycles. The summed E-state index contributed by atoms with van der Waals surface area (Å²) in [7, 11) is 1.68. The van der Waals surface area contributed by atoms with Crippen LogP contribution in [0, 0.1) is 0 Å². The highest BCUT2D eigenvalue weighted by atomic mass is 79.9. The molecular weight excluding hydrogens is 316 g/mol. The number of aromatic nitrogens is 1. The van der Waals surface area contributed by atoms with Crippen molar-refractivity contribution in [1.29, 1.82) is 0 Å². The van der Waals surface area contributed by atoms with Crippen molar-refractivity contribution in [2.75, 3.05) is 13.7 Å². The lowest BCUT2D eigenvalue weighted by Gasteiger charge is -2.07. The highest BCUT2D eigenvalue weighted by Crippen LogP contribution is 2.25. The lowest BCUT2D eigenvalue weighted by atomic mass is 10.2. The summed E-state index contributed by atoms with van der Waals surface area (Å²) in [6, 6.07) is 8.36. The van der Waals surface area contributed by atoms with Crippen LogP contribution in [0.5, 0.6) is 5.75 Å². The topological polar surface area (TPSA) is 26.2 Å². The van der Waals surface area contributed by atoms with E-state index in [2.05, 4.69) is 63.3 Å². The molecule has 0 aliphatic rings. The molecule has 4 heteroatoms. The Kier molecular flexibility index (Phi) is 5.68. The maximum atomic E-state index is 5.25. The van der Waals surface area contributed by atoms with Gasteiger partial charge in [-0.25, -0.2) is 0 Å². The lowest BCUT2D eigenvalue weighted by molar-refractivity contribution is 0.412. The normalized spacial score (nSPS) is 10.8. The molecule has 1 N–H and O–H groups in total. The number of methoxy groups -OCH3 is 1. The third-order valence-electron chi connectivity index (χ3n) is 3.15. The monoisotopic (exact) mass is 336 g/mol. The van der Waals surface area contributed by atoms with Crippen molar-refractivity contribution >= 4 is 15.9 Å². The Morgan fingerprint density at radius 1 is 1.25 bits per heavy atom. The smallest absolute Gasteiger partial charge is 0.133 e. The molecule has 0 saturated heterocycles. The fourth-order valence-corrected chi connectivity index (χ4v) is 2.71. The number of hydrogen-bond donors (Lipinski definition) is 1. The number of halogens is 1. The Labute approximate surface area is 129 Å². The van der Waals surface area contributed by atoms with Crippen molar-refractivity contribution in [3.05, 3.63) is 52.3 Å². The number of benzene rings is 1. The molecule has 0 spiro atoms. The van der Waals surface area contributed by atoms with E-state index in [1.54, 1.807) is 7.11 Å². The molecule has 3 nitrogen and oxygen atoms in total. The Bertz CT molecular complexity index is 551. The van der Waals surface area contributed by atoms with Crippen LogP contribution >= 0.6 is 15.9 Å². The Balaban J connectivity index is 1.97. The van der Waals surface area contributed by atoms with E-state index in [0.717, 1.165) is 29.9 Å². The van der Waals surface area contributed by atoms with Gasteiger partial charge in [-0.05, 0) is 58.2 Å². The molecule has 0 fully saturated rings. The largest absolute Gasteiger partial charge is 0.496 e. The van der Waals surface area contributed by atoms with Crippen molar-refractivity contribution in [3.63, 3.8) is 0 Å². The molecule has 0 atom stereocenters. The molecule has 2 rings (SSSR count). The molecule has 0 saturated carbocycles. The number of rotatable bonds is 7. The fourth-order valence-electron chi connectivity index (χ4n) is 2.12. The summed E-state index contributed by atoms with van der Waals surface area (Å²) < 4.78 is 8.45. The van der Waals surface area contributed by atoms with Crippen molar-refractivity contribution in [2.45, 2.75) is 26.4 Å². The van der Waals surface area contributed by atoms with Gasteiger partial charge in [-0.3, -0.25) is 0 Å². The molecule has 0 bridgehead atoms. The minimum atomic E-state index is 0.866. The van der Waals surface area contributed by atoms with Crippen molar-refractivity contribution in [3.8, 4) is 5.75 Å². The molecule has 0 aliphatic carbocycles. The molecule has 108 valence electrons. The predicted molar refractivity (Wildman–Crippen MR) is 86.2 cm³/mol. The van der Waals surface area contributed by atoms with Gasteiger partial charge in [0.05, 0.1) is 11.6 Å². The van der Waals surface area contributed by atoms with Gasteiger partial charge in [0.15, 0.2) is 0 Å². The first-order valence-electron chi connectivity index (χ1n) is 6.90. The summed E-state index contributed by atoms with van der Waals surface area (Å²) in [6.45, 7) is 5.06. The van der Waals surface area contributed by atoms with E-state index in [9.17, 15) is 0 Å². The molecular formula is C16H21BrN2O. The first-order valence-corrected chi connectivity index (χ1v) is 7.70. The number of nitrogens with one attached hydrogen (secondary N) is 1. The van der Waals surface area contributed by atoms with Gasteiger partial charge in [0, 0.05) is 25.5 Å². The predicted octanol–water partition coefficient (Wildman–Crippen LogP) is 3.81. The van der Waals surface area contributed by atoms with Crippen LogP contribution in [0.2, 0.25) is 0 Å². The SMILES string of the molecule is CCCNCc1ccn(Cc2ccc(OC)c(Br)c2)c1. The van der Waals surface area contributed by atoms with Gasteiger partial charge in [0.25, 0.3) is 0 Å². The lowest BCUT2D eigenvalue weighted by Crippen LogP contribution is -2.13. The number of ether oxygens (including phenoxy) is 1. The zero-order valence-corrected chi connectivity index (χ0v) is 13.6. The summed E-state index contributed by atoms with van der Waals surface area (Å²) in [5, 5.41) is 3.42. The molecule has 0 aliphatic heterocycles. The molecule has 1 aromatic heterocycles. The maximum absolute atomic E-state index is 5.25. The molecule has 0 amide bonds. The number of nitrogens with zero attached hydrogens (tertiary/aromatic N) is 1. The van der Waals surface area contributed by atoms with E-state index >= 15 is 0 Å². The van der Waals surface area contributed by atoms with Crippen LogP contribution in [0.1, 0.15) is 24.5 Å². The molecule has 20 heavy (non-hydrogen) atoms. The second-order valence-electron chi connectivity index (χ2n) is 4.84. The van der Waals surface area contributed by atoms with Crippen LogP contribution in [-0.2, 0) is 13.1 Å². The number of hydrogen-bond acceptors (Lipinski definition) is 2. The molecule has 1 heterocycles. The second-order valence-corrected chi connectivity index (χ2v) is 5.69. The van der Waals surface area contributed by atoms with Gasteiger partial charge in [-0.15, -0.1) is 0 Å². The summed E-state index contributed by atoms with van der Waals surface area (Å²) >= 11 is 3.52. The van der Waals surface area contributed by atoms with Gasteiger partial charge < -0.3 is 14.6 Å². The van der Waals surface area contributed by atoms with Crippen LogP contribution in [0.3, 0.4) is 0 Å². The van der Waals surface area contributed by atoms with E-state index in [-0.39, 0.29) is 0 Å². The summed E-state index contributed by atoms with van der Waals surface area (Å²) in [6.07, 6.45) is 5.49. The third kappa shape index (κ3) is 4.12. The first-order chi connectivity index (χ1) is 9.72. The zero-order valence-electron chi connectivity index (χ0n) is 12.0. The van der Waals surface area contributed by atoms with Crippen molar-refractivity contribution in [1.82, 2.24) is 9.88 Å². The fraction of sp³-hybridized carbons (Fsp3) is 0.375. The van der Waals surface area contributed by atoms with Crippen LogP contribution in [0.25, 0.3) is 0 Å². The van der Waals surface area contributed by atoms with Crippen LogP contribution in [0.15, 0.2) is 41.1 Å². The maximum Gasteiger partial charge on any atom is 0.133 e. The van der Waals surface area contributed by atoms with E-state index in [1.165, 1.54) is 17.5 Å². The highest BCUT2D eigenvalue weighted by Gasteiger charge is 2.03. The molecule has 0 unspecified atom stereocenters. The van der Waals surface area contributed by atoms with E-state index in [1.807, 2.05) is 6.07 Å². The first kappa shape index (κ1) is 15.1. The summed E-state index contributed by atoms with van der Waals surface area (Å²) in [5.74, 6) is 0.866. The van der Waals surface area contributed by atoms with Crippen LogP contribution in [-0.4, -0.2) is 18.2 Å². The van der Waals surface area contributed by atoms with Gasteiger partial charge in [-0.1, -0.05) is 13.0 Å². The Morgan fingerprint density at radius 2 is 2.10 bits per heavy atom. The molecule has 2 aromatic rings. The standard InChI is InChI=1S/C16H21BrN2O/c1-3-7-18-10-14-6-8-19(12-14)11-13-4-5-16(20-2)15(17)9-13/h4-6,8-9,12,18H,3,7,10-11H2,1-2H3.